The molecule has 9 heteroatoms. The Morgan fingerprint density at radius 1 is 1.29 bits per heavy atom. The summed E-state index contributed by atoms with van der Waals surface area (Å²) in [4.78, 5) is 30.9. The van der Waals surface area contributed by atoms with Gasteiger partial charge in [-0.2, -0.15) is 0 Å². The number of halogens is 3. The van der Waals surface area contributed by atoms with E-state index < -0.39 is 5.67 Å². The molecule has 0 bridgehead atoms. The van der Waals surface area contributed by atoms with Crippen LogP contribution < -0.4 is 5.56 Å². The molecule has 3 aromatic heterocycles. The van der Waals surface area contributed by atoms with Crippen molar-refractivity contribution >= 4 is 34.6 Å². The SMILES string of the molecule is CCC1(F)CN(C(=O)Cn2ccn3ccc(-c4cnc(Cl)c(Cl)c4)c3c2=O)C1. The van der Waals surface area contributed by atoms with E-state index in [0.717, 1.165) is 0 Å². The monoisotopic (exact) mass is 422 g/mol. The van der Waals surface area contributed by atoms with Crippen LogP contribution in [-0.2, 0) is 11.3 Å². The molecule has 1 aliphatic rings. The molecule has 4 heterocycles. The van der Waals surface area contributed by atoms with Crippen molar-refractivity contribution in [3.8, 4) is 11.1 Å². The highest BCUT2D eigenvalue weighted by Gasteiger charge is 2.44. The van der Waals surface area contributed by atoms with Crippen LogP contribution in [-0.4, -0.2) is 43.5 Å². The molecule has 6 nitrogen and oxygen atoms in total. The lowest BCUT2D eigenvalue weighted by Crippen LogP contribution is -2.61. The normalized spacial score (nSPS) is 15.6. The number of nitrogens with zero attached hydrogens (tertiary/aromatic N) is 4. The zero-order valence-corrected chi connectivity index (χ0v) is 16.5. The van der Waals surface area contributed by atoms with Gasteiger partial charge in [0.15, 0.2) is 0 Å². The zero-order chi connectivity index (χ0) is 20.1. The first kappa shape index (κ1) is 19.0. The maximum absolute atomic E-state index is 14.0. The van der Waals surface area contributed by atoms with E-state index in [2.05, 4.69) is 4.98 Å². The molecule has 1 amide bonds. The Morgan fingerprint density at radius 3 is 2.71 bits per heavy atom. The summed E-state index contributed by atoms with van der Waals surface area (Å²) < 4.78 is 17.0. The molecule has 0 atom stereocenters. The fraction of sp³-hybridized carbons (Fsp3) is 0.316. The number of alkyl halides is 1. The number of carbonyl (C=O) groups is 1. The maximum Gasteiger partial charge on any atom is 0.275 e. The van der Waals surface area contributed by atoms with Crippen LogP contribution in [0.4, 0.5) is 4.39 Å². The molecule has 0 spiro atoms. The van der Waals surface area contributed by atoms with Gasteiger partial charge in [-0.25, -0.2) is 9.37 Å². The molecule has 0 unspecified atom stereocenters. The van der Waals surface area contributed by atoms with Crippen molar-refractivity contribution in [1.29, 1.82) is 0 Å². The lowest BCUT2D eigenvalue weighted by molar-refractivity contribution is -0.146. The average Bonchev–Trinajstić information content (AvgIpc) is 3.08. The van der Waals surface area contributed by atoms with Crippen molar-refractivity contribution in [2.45, 2.75) is 25.6 Å². The molecule has 1 aliphatic heterocycles. The first-order valence-electron chi connectivity index (χ1n) is 8.79. The minimum absolute atomic E-state index is 0.0741. The van der Waals surface area contributed by atoms with Gasteiger partial charge >= 0.3 is 0 Å². The molecule has 0 radical (unpaired) electrons. The Hall–Kier alpha value is -2.38. The summed E-state index contributed by atoms with van der Waals surface area (Å²) in [5.74, 6) is -0.280. The third-order valence-electron chi connectivity index (χ3n) is 5.13. The molecule has 0 aromatic carbocycles. The number of rotatable bonds is 4. The van der Waals surface area contributed by atoms with Crippen molar-refractivity contribution < 1.29 is 9.18 Å². The third kappa shape index (κ3) is 3.18. The standard InChI is InChI=1S/C19H17Cl2FN4O2/c1-2-19(22)10-26(11-19)15(27)9-25-6-5-24-4-3-13(16(24)18(25)28)12-7-14(20)17(21)23-8-12/h3-8H,2,9-11H2,1H3. The molecule has 1 fully saturated rings. The van der Waals surface area contributed by atoms with E-state index in [-0.39, 0.29) is 41.3 Å². The number of fused-ring (bicyclic) bond motifs is 1. The Morgan fingerprint density at radius 2 is 2.04 bits per heavy atom. The lowest BCUT2D eigenvalue weighted by Gasteiger charge is -2.44. The van der Waals surface area contributed by atoms with Crippen LogP contribution in [0.15, 0.2) is 41.7 Å². The van der Waals surface area contributed by atoms with Crippen LogP contribution >= 0.6 is 23.2 Å². The minimum atomic E-state index is -1.31. The van der Waals surface area contributed by atoms with Crippen molar-refractivity contribution in [3.63, 3.8) is 0 Å². The molecular weight excluding hydrogens is 406 g/mol. The van der Waals surface area contributed by atoms with Crippen molar-refractivity contribution in [2.75, 3.05) is 13.1 Å². The van der Waals surface area contributed by atoms with Gasteiger partial charge in [0.25, 0.3) is 5.56 Å². The molecule has 4 rings (SSSR count). The summed E-state index contributed by atoms with van der Waals surface area (Å²) >= 11 is 11.9. The highest BCUT2D eigenvalue weighted by Crippen LogP contribution is 2.30. The van der Waals surface area contributed by atoms with E-state index in [0.29, 0.717) is 23.1 Å². The van der Waals surface area contributed by atoms with Crippen molar-refractivity contribution in [3.05, 3.63) is 57.4 Å². The Bertz CT molecular complexity index is 1130. The fourth-order valence-corrected chi connectivity index (χ4v) is 3.63. The van der Waals surface area contributed by atoms with Gasteiger partial charge < -0.3 is 13.9 Å². The number of pyridine rings is 1. The molecule has 1 saturated heterocycles. The van der Waals surface area contributed by atoms with Gasteiger partial charge in [-0.15, -0.1) is 0 Å². The summed E-state index contributed by atoms with van der Waals surface area (Å²) in [7, 11) is 0. The average molecular weight is 423 g/mol. The van der Waals surface area contributed by atoms with E-state index in [9.17, 15) is 14.0 Å². The first-order valence-corrected chi connectivity index (χ1v) is 9.55. The highest BCUT2D eigenvalue weighted by molar-refractivity contribution is 6.41. The Kier molecular flexibility index (Phi) is 4.67. The van der Waals surface area contributed by atoms with Crippen LogP contribution in [0.3, 0.4) is 0 Å². The Balaban J connectivity index is 1.66. The van der Waals surface area contributed by atoms with Gasteiger partial charge in [0.05, 0.1) is 18.1 Å². The summed E-state index contributed by atoms with van der Waals surface area (Å²) in [5.41, 5.74) is 0.0404. The number of hydrogen-bond donors (Lipinski definition) is 0. The summed E-state index contributed by atoms with van der Waals surface area (Å²) in [6.07, 6.45) is 6.90. The number of carbonyl (C=O) groups excluding carboxylic acids is 1. The van der Waals surface area contributed by atoms with Gasteiger partial charge in [0, 0.05) is 35.9 Å². The van der Waals surface area contributed by atoms with Crippen LogP contribution in [0.1, 0.15) is 13.3 Å². The van der Waals surface area contributed by atoms with Gasteiger partial charge in [0.2, 0.25) is 5.91 Å². The van der Waals surface area contributed by atoms with Crippen LogP contribution in [0.2, 0.25) is 10.2 Å². The van der Waals surface area contributed by atoms with Crippen LogP contribution in [0, 0.1) is 0 Å². The number of aromatic nitrogens is 3. The van der Waals surface area contributed by atoms with Gasteiger partial charge in [-0.3, -0.25) is 9.59 Å². The number of amides is 1. The predicted molar refractivity (Wildman–Crippen MR) is 106 cm³/mol. The highest BCUT2D eigenvalue weighted by atomic mass is 35.5. The number of likely N-dealkylation sites (tertiary alicyclic amines) is 1. The van der Waals surface area contributed by atoms with Crippen LogP contribution in [0.5, 0.6) is 0 Å². The van der Waals surface area contributed by atoms with E-state index in [1.165, 1.54) is 15.7 Å². The van der Waals surface area contributed by atoms with E-state index in [1.54, 1.807) is 42.0 Å². The minimum Gasteiger partial charge on any atom is -0.335 e. The molecule has 28 heavy (non-hydrogen) atoms. The van der Waals surface area contributed by atoms with Gasteiger partial charge in [-0.05, 0) is 18.6 Å². The van der Waals surface area contributed by atoms with Crippen molar-refractivity contribution in [1.82, 2.24) is 18.9 Å². The maximum atomic E-state index is 14.0. The van der Waals surface area contributed by atoms with E-state index in [4.69, 9.17) is 23.2 Å². The van der Waals surface area contributed by atoms with Gasteiger partial charge in [0.1, 0.15) is 22.9 Å². The molecule has 0 N–H and O–H groups in total. The smallest absolute Gasteiger partial charge is 0.275 e. The second-order valence-corrected chi connectivity index (χ2v) is 7.73. The molecule has 0 saturated carbocycles. The topological polar surface area (TPSA) is 59.6 Å². The summed E-state index contributed by atoms with van der Waals surface area (Å²) in [6, 6.07) is 3.41. The lowest BCUT2D eigenvalue weighted by atomic mass is 9.93. The second-order valence-electron chi connectivity index (χ2n) is 6.97. The van der Waals surface area contributed by atoms with Gasteiger partial charge in [-0.1, -0.05) is 30.1 Å². The largest absolute Gasteiger partial charge is 0.335 e. The van der Waals surface area contributed by atoms with E-state index in [1.807, 2.05) is 0 Å². The summed E-state index contributed by atoms with van der Waals surface area (Å²) in [6.45, 7) is 1.76. The zero-order valence-electron chi connectivity index (χ0n) is 15.0. The molecule has 146 valence electrons. The number of hydrogen-bond acceptors (Lipinski definition) is 3. The molecule has 0 aliphatic carbocycles. The van der Waals surface area contributed by atoms with Crippen molar-refractivity contribution in [2.24, 2.45) is 0 Å². The van der Waals surface area contributed by atoms with Crippen LogP contribution in [0.25, 0.3) is 16.6 Å². The Labute approximate surface area is 170 Å². The predicted octanol–water partition coefficient (Wildman–Crippen LogP) is 3.43. The fourth-order valence-electron chi connectivity index (χ4n) is 3.36. The molecular formula is C19H17Cl2FN4O2. The molecule has 3 aromatic rings. The quantitative estimate of drug-likeness (QED) is 0.605. The second kappa shape index (κ2) is 6.90. The third-order valence-corrected chi connectivity index (χ3v) is 5.82. The summed E-state index contributed by atoms with van der Waals surface area (Å²) in [5, 5.41) is 0.468. The van der Waals surface area contributed by atoms with E-state index >= 15 is 0 Å². The first-order chi connectivity index (χ1) is 13.3.